The van der Waals surface area contributed by atoms with Crippen molar-refractivity contribution in [3.8, 4) is 22.3 Å². The van der Waals surface area contributed by atoms with E-state index in [0.717, 1.165) is 36.4 Å². The predicted molar refractivity (Wildman–Crippen MR) is 117 cm³/mol. The molecule has 1 aliphatic heterocycles. The van der Waals surface area contributed by atoms with Crippen LogP contribution in [-0.2, 0) is 0 Å². The van der Waals surface area contributed by atoms with Gasteiger partial charge in [-0.15, -0.1) is 5.06 Å². The van der Waals surface area contributed by atoms with Crippen molar-refractivity contribution in [1.82, 2.24) is 5.06 Å². The van der Waals surface area contributed by atoms with Crippen LogP contribution in [0.4, 0.5) is 0 Å². The molecule has 0 bridgehead atoms. The highest BCUT2D eigenvalue weighted by Crippen LogP contribution is 2.39. The normalized spacial score (nSPS) is 12.4. The fourth-order valence-corrected chi connectivity index (χ4v) is 3.89. The third-order valence-electron chi connectivity index (χ3n) is 5.49. The highest BCUT2D eigenvalue weighted by molar-refractivity contribution is 6.26. The molecular weight excluding hydrogens is 478 g/mol. The van der Waals surface area contributed by atoms with E-state index in [1.165, 1.54) is 12.1 Å². The maximum absolute atomic E-state index is 12.8. The first-order valence-electron chi connectivity index (χ1n) is 9.89. The number of hydroxylamine groups is 2. The fourth-order valence-electron chi connectivity index (χ4n) is 3.89. The number of hydrogen-bond donors (Lipinski definition) is 5. The first-order valence-corrected chi connectivity index (χ1v) is 9.89. The lowest BCUT2D eigenvalue weighted by Gasteiger charge is -2.13. The van der Waals surface area contributed by atoms with Gasteiger partial charge in [0.15, 0.2) is 0 Å². The van der Waals surface area contributed by atoms with Gasteiger partial charge in [-0.05, 0) is 58.7 Å². The summed E-state index contributed by atoms with van der Waals surface area (Å²) in [6.07, 6.45) is 0. The largest absolute Gasteiger partial charge is 0.478 e. The van der Waals surface area contributed by atoms with Gasteiger partial charge < -0.3 is 20.4 Å². The average Bonchev–Trinajstić information content (AvgIpc) is 3.07. The Hall–Kier alpha value is -5.36. The molecule has 4 rings (SSSR count). The Balaban J connectivity index is 2.05. The van der Waals surface area contributed by atoms with Crippen LogP contribution >= 0.6 is 0 Å². The van der Waals surface area contributed by atoms with E-state index >= 15 is 0 Å². The number of fused-ring (bicyclic) bond motifs is 1. The number of rotatable bonds is 6. The molecule has 0 aliphatic carbocycles. The molecule has 12 heteroatoms. The number of benzene rings is 3. The van der Waals surface area contributed by atoms with Gasteiger partial charge in [0.05, 0.1) is 33.4 Å². The second kappa shape index (κ2) is 8.45. The summed E-state index contributed by atoms with van der Waals surface area (Å²) in [7, 11) is 0. The van der Waals surface area contributed by atoms with Gasteiger partial charge in [0, 0.05) is 0 Å². The topological polar surface area (TPSA) is 207 Å². The van der Waals surface area contributed by atoms with Crippen molar-refractivity contribution in [3.05, 3.63) is 81.9 Å². The average molecular weight is 491 g/mol. The van der Waals surface area contributed by atoms with Gasteiger partial charge in [-0.25, -0.2) is 19.2 Å². The van der Waals surface area contributed by atoms with E-state index in [2.05, 4.69) is 0 Å². The van der Waals surface area contributed by atoms with Crippen LogP contribution in [0.2, 0.25) is 0 Å². The Bertz CT molecular complexity index is 1370. The van der Waals surface area contributed by atoms with Crippen molar-refractivity contribution in [2.45, 2.75) is 0 Å². The summed E-state index contributed by atoms with van der Waals surface area (Å²) in [6.45, 7) is 0. The van der Waals surface area contributed by atoms with Gasteiger partial charge in [0.1, 0.15) is 0 Å². The van der Waals surface area contributed by atoms with Crippen LogP contribution in [0.3, 0.4) is 0 Å². The first-order chi connectivity index (χ1) is 16.9. The van der Waals surface area contributed by atoms with Crippen LogP contribution in [0.25, 0.3) is 22.3 Å². The van der Waals surface area contributed by atoms with E-state index in [0.29, 0.717) is 0 Å². The molecule has 12 nitrogen and oxygen atoms in total. The van der Waals surface area contributed by atoms with Gasteiger partial charge in [0.2, 0.25) is 0 Å². The number of aromatic carboxylic acids is 4. The number of hydrogen-bond acceptors (Lipinski definition) is 7. The number of carbonyl (C=O) groups is 6. The lowest BCUT2D eigenvalue weighted by molar-refractivity contribution is -0.0326. The van der Waals surface area contributed by atoms with Crippen LogP contribution in [0, 0.1) is 0 Å². The summed E-state index contributed by atoms with van der Waals surface area (Å²) in [5.74, 6) is -8.21. The molecule has 0 aromatic heterocycles. The molecule has 3 aromatic carbocycles. The third-order valence-corrected chi connectivity index (χ3v) is 5.49. The van der Waals surface area contributed by atoms with E-state index in [-0.39, 0.29) is 27.3 Å². The summed E-state index contributed by atoms with van der Waals surface area (Å²) in [5.41, 5.74) is -2.76. The maximum atomic E-state index is 12.8. The third kappa shape index (κ3) is 3.82. The van der Waals surface area contributed by atoms with Crippen molar-refractivity contribution in [3.63, 3.8) is 0 Å². The lowest BCUT2D eigenvalue weighted by Crippen LogP contribution is -2.25. The molecule has 0 unspecified atom stereocenters. The van der Waals surface area contributed by atoms with Gasteiger partial charge in [-0.1, -0.05) is 12.1 Å². The summed E-state index contributed by atoms with van der Waals surface area (Å²) in [4.78, 5) is 71.7. The Morgan fingerprint density at radius 1 is 0.528 bits per heavy atom. The number of imide groups is 1. The molecule has 180 valence electrons. The zero-order valence-electron chi connectivity index (χ0n) is 17.8. The van der Waals surface area contributed by atoms with Crippen LogP contribution < -0.4 is 0 Å². The molecule has 36 heavy (non-hydrogen) atoms. The molecule has 0 radical (unpaired) electrons. The molecule has 0 atom stereocenters. The number of carbonyl (C=O) groups excluding carboxylic acids is 2. The Morgan fingerprint density at radius 2 is 0.806 bits per heavy atom. The SMILES string of the molecule is O=C(O)c1cc(C(=O)O)cc(-c2ccc(-c3cc(C(=O)O)cc(C(=O)O)c3)c3c2C(=O)N(O)C3=O)c1. The molecule has 3 aromatic rings. The zero-order valence-corrected chi connectivity index (χ0v) is 17.8. The summed E-state index contributed by atoms with van der Waals surface area (Å²) >= 11 is 0. The van der Waals surface area contributed by atoms with Crippen LogP contribution in [0.1, 0.15) is 62.1 Å². The van der Waals surface area contributed by atoms with E-state index in [9.17, 15) is 54.4 Å². The van der Waals surface area contributed by atoms with Crippen molar-refractivity contribution >= 4 is 35.7 Å². The van der Waals surface area contributed by atoms with Gasteiger partial charge >= 0.3 is 23.9 Å². The number of nitrogens with zero attached hydrogens (tertiary/aromatic N) is 1. The number of carboxylic acid groups (broad SMARTS) is 4. The van der Waals surface area contributed by atoms with Crippen molar-refractivity contribution in [2.75, 3.05) is 0 Å². The molecule has 0 fully saturated rings. The second-order valence-corrected chi connectivity index (χ2v) is 7.65. The first kappa shape index (κ1) is 23.8. The Morgan fingerprint density at radius 3 is 1.06 bits per heavy atom. The Kier molecular flexibility index (Phi) is 5.58. The lowest BCUT2D eigenvalue weighted by atomic mass is 9.88. The van der Waals surface area contributed by atoms with E-state index in [1.54, 1.807) is 0 Å². The molecule has 1 aliphatic rings. The summed E-state index contributed by atoms with van der Waals surface area (Å²) < 4.78 is 0. The molecule has 0 spiro atoms. The Labute approximate surface area is 199 Å². The van der Waals surface area contributed by atoms with E-state index in [1.807, 2.05) is 0 Å². The summed E-state index contributed by atoms with van der Waals surface area (Å²) in [6, 6.07) is 8.62. The van der Waals surface area contributed by atoms with Crippen LogP contribution in [0.5, 0.6) is 0 Å². The standard InChI is InChI=1S/C24H13NO11/c26-19-17-15(9-3-11(21(28)29)7-12(4-9)22(30)31)1-2-16(18(17)20(27)25(19)36)10-5-13(23(32)33)8-14(6-10)24(34)35/h1-8,36H,(H,28,29)(H,30,31)(H,32,33)(H,34,35). The fraction of sp³-hybridized carbons (Fsp3) is 0. The van der Waals surface area contributed by atoms with Crippen LogP contribution in [0.15, 0.2) is 48.5 Å². The quantitative estimate of drug-likeness (QED) is 0.250. The molecular formula is C24H13NO11. The van der Waals surface area contributed by atoms with Gasteiger partial charge in [0.25, 0.3) is 11.8 Å². The highest BCUT2D eigenvalue weighted by atomic mass is 16.5. The smallest absolute Gasteiger partial charge is 0.335 e. The second-order valence-electron chi connectivity index (χ2n) is 7.65. The molecule has 1 heterocycles. The molecule has 0 saturated heterocycles. The number of carboxylic acids is 4. The minimum Gasteiger partial charge on any atom is -0.478 e. The predicted octanol–water partition coefficient (Wildman–Crippen LogP) is 2.80. The van der Waals surface area contributed by atoms with E-state index < -0.39 is 69.1 Å². The maximum Gasteiger partial charge on any atom is 0.335 e. The van der Waals surface area contributed by atoms with Crippen molar-refractivity contribution in [2.24, 2.45) is 0 Å². The van der Waals surface area contributed by atoms with Crippen LogP contribution in [-0.4, -0.2) is 66.4 Å². The molecule has 5 N–H and O–H groups in total. The minimum atomic E-state index is -1.45. The van der Waals surface area contributed by atoms with Gasteiger partial charge in [-0.2, -0.15) is 0 Å². The monoisotopic (exact) mass is 491 g/mol. The number of amides is 2. The van der Waals surface area contributed by atoms with Crippen molar-refractivity contribution < 1.29 is 54.4 Å². The summed E-state index contributed by atoms with van der Waals surface area (Å²) in [5, 5.41) is 47.3. The van der Waals surface area contributed by atoms with Gasteiger partial charge in [-0.3, -0.25) is 14.8 Å². The molecule has 0 saturated carbocycles. The highest BCUT2D eigenvalue weighted by Gasteiger charge is 2.40. The zero-order chi connectivity index (χ0) is 26.5. The molecule has 2 amide bonds. The van der Waals surface area contributed by atoms with Crippen molar-refractivity contribution in [1.29, 1.82) is 0 Å². The van der Waals surface area contributed by atoms with E-state index in [4.69, 9.17) is 0 Å². The minimum absolute atomic E-state index is 0.0583.